The van der Waals surface area contributed by atoms with Gasteiger partial charge in [0.1, 0.15) is 51.1 Å². The molecule has 9 N–H and O–H groups in total. The molecule has 36 nitrogen and oxygen atoms in total. The summed E-state index contributed by atoms with van der Waals surface area (Å²) in [5.74, 6) is 1.48. The van der Waals surface area contributed by atoms with Gasteiger partial charge in [0.05, 0.1) is 94.3 Å². The van der Waals surface area contributed by atoms with Crippen molar-refractivity contribution in [1.29, 1.82) is 0 Å². The van der Waals surface area contributed by atoms with Gasteiger partial charge in [-0.05, 0) is 176 Å². The molecule has 9 aromatic rings. The Hall–Kier alpha value is -11.0. The predicted molar refractivity (Wildman–Crippen MR) is 546 cm³/mol. The van der Waals surface area contributed by atoms with Crippen LogP contribution < -0.4 is 40.8 Å². The summed E-state index contributed by atoms with van der Waals surface area (Å²) in [6.45, 7) is 39.8. The number of nitro benzene ring substituents is 3. The molecule has 0 aliphatic heterocycles. The first-order chi connectivity index (χ1) is 64.9. The minimum absolute atomic E-state index is 0.0268. The summed E-state index contributed by atoms with van der Waals surface area (Å²) in [5, 5.41) is 73.2. The van der Waals surface area contributed by atoms with Crippen molar-refractivity contribution in [2.24, 2.45) is 59.1 Å². The molecule has 756 valence electrons. The van der Waals surface area contributed by atoms with Gasteiger partial charge in [0.25, 0.3) is 17.1 Å². The van der Waals surface area contributed by atoms with Crippen molar-refractivity contribution in [2.45, 2.75) is 283 Å². The smallest absolute Gasteiger partial charge is 0.273 e. The number of benzene rings is 6. The van der Waals surface area contributed by atoms with Crippen molar-refractivity contribution in [3.63, 3.8) is 0 Å². The second kappa shape index (κ2) is 62.0. The van der Waals surface area contributed by atoms with E-state index in [2.05, 4.69) is 168 Å². The van der Waals surface area contributed by atoms with E-state index in [1.165, 1.54) is 223 Å². The summed E-state index contributed by atoms with van der Waals surface area (Å²) >= 11 is -8.82. The van der Waals surface area contributed by atoms with Crippen molar-refractivity contribution in [3.05, 3.63) is 193 Å². The highest BCUT2D eigenvalue weighted by atomic mass is 32.2. The van der Waals surface area contributed by atoms with Gasteiger partial charge in [-0.25, -0.2) is 26.7 Å². The van der Waals surface area contributed by atoms with Gasteiger partial charge in [-0.2, -0.15) is 15.3 Å². The molecule has 137 heavy (non-hydrogen) atoms. The van der Waals surface area contributed by atoms with Crippen molar-refractivity contribution < 1.29 is 58.1 Å². The standard InChI is InChI=1S/C22H48N.3C16H14N6O5S.C16H35N.C12H27N/c1-5-7-9-11-13-15-17-19-21-23(3,4)22-20-18-16-14-12-10-8-6-2;3*1-10-15(16(17)21(20-10)11-5-3-2-4-6-11)19-18-13-8-7-12(22(23)24)9-14(13)27-28(25)26;1-5-9-11-15(7-3)13-17-14-16(8-4)12-10-6-2;1-10(2,3)8-11(4,5)9-12(6,7)13/h5-22H2,1-4H3;3*2-9H,17H2,1H3,(H,25,26);15-17H,5-14H2,1-4H3;8-9,13H2,1-7H3/q+1;;;;;/p-3. The first kappa shape index (κ1) is 118. The maximum atomic E-state index is 10.9. The van der Waals surface area contributed by atoms with Gasteiger partial charge in [-0.1, -0.05) is 246 Å². The number of non-ortho nitro benzene ring substituents is 3. The van der Waals surface area contributed by atoms with E-state index in [-0.39, 0.29) is 91.4 Å². The number of azo groups is 3. The number of quaternary nitrogens is 1. The van der Waals surface area contributed by atoms with Gasteiger partial charge in [-0.15, -0.1) is 30.7 Å². The quantitative estimate of drug-likeness (QED) is 0.00590. The zero-order chi connectivity index (χ0) is 102. The number of hydrogen-bond acceptors (Lipinski definition) is 29. The Kier molecular flexibility index (Phi) is 53.5. The summed E-state index contributed by atoms with van der Waals surface area (Å²) in [6.07, 6.45) is 36.3. The molecule has 3 aromatic heterocycles. The summed E-state index contributed by atoms with van der Waals surface area (Å²) < 4.78 is 84.5. The summed E-state index contributed by atoms with van der Waals surface area (Å²) in [7, 11) is 4.87. The van der Waals surface area contributed by atoms with Gasteiger partial charge in [-0.3, -0.25) is 30.3 Å². The molecule has 0 spiro atoms. The predicted octanol–water partition coefficient (Wildman–Crippen LogP) is 25.7. The van der Waals surface area contributed by atoms with E-state index in [0.717, 1.165) is 71.7 Å². The number of nitrogens with one attached hydrogen (secondary N) is 1. The molecule has 0 radical (unpaired) electrons. The number of nitro groups is 3. The lowest BCUT2D eigenvalue weighted by molar-refractivity contribution is -0.890. The van der Waals surface area contributed by atoms with Crippen LogP contribution in [0.2, 0.25) is 0 Å². The molecule has 0 aliphatic carbocycles. The van der Waals surface area contributed by atoms with Crippen LogP contribution in [0.15, 0.2) is 176 Å². The zero-order valence-corrected chi connectivity index (χ0v) is 86.0. The number of nitrogens with zero attached hydrogens (tertiary/aromatic N) is 16. The summed E-state index contributed by atoms with van der Waals surface area (Å²) in [6, 6.07) is 37.4. The normalized spacial score (nSPS) is 12.7. The number of aromatic nitrogens is 6. The number of rotatable bonds is 51. The first-order valence-electron chi connectivity index (χ1n) is 47.4. The number of nitrogen functional groups attached to an aromatic ring is 3. The maximum absolute atomic E-state index is 10.9. The molecule has 0 saturated heterocycles. The zero-order valence-electron chi connectivity index (χ0n) is 83.5. The molecule has 0 aliphatic rings. The van der Waals surface area contributed by atoms with Crippen LogP contribution in [0.3, 0.4) is 0 Å². The largest absolute Gasteiger partial charge is 0.740 e. The molecule has 0 fully saturated rings. The van der Waals surface area contributed by atoms with Crippen LogP contribution in [0.1, 0.15) is 274 Å². The number of anilines is 3. The van der Waals surface area contributed by atoms with Gasteiger partial charge < -0.3 is 58.9 Å². The molecule has 39 heteroatoms. The molecule has 0 amide bonds. The fourth-order valence-corrected chi connectivity index (χ4v) is 16.5. The van der Waals surface area contributed by atoms with Crippen molar-refractivity contribution in [3.8, 4) is 34.3 Å². The van der Waals surface area contributed by atoms with Crippen molar-refractivity contribution in [1.82, 2.24) is 34.7 Å². The molecular weight excluding hydrogens is 1810 g/mol. The van der Waals surface area contributed by atoms with E-state index in [1.54, 1.807) is 20.8 Å². The molecule has 5 atom stereocenters. The highest BCUT2D eigenvalue weighted by molar-refractivity contribution is 7.74. The number of unbranched alkanes of at least 4 members (excludes halogenated alkanes) is 16. The van der Waals surface area contributed by atoms with E-state index in [9.17, 15) is 56.6 Å². The summed E-state index contributed by atoms with van der Waals surface area (Å²) in [4.78, 5) is 30.6. The second-order valence-electron chi connectivity index (χ2n) is 37.3. The van der Waals surface area contributed by atoms with Gasteiger partial charge >= 0.3 is 0 Å². The van der Waals surface area contributed by atoms with Crippen LogP contribution >= 0.6 is 0 Å². The maximum Gasteiger partial charge on any atom is 0.273 e. The minimum Gasteiger partial charge on any atom is -0.740 e. The Bertz CT molecular complexity index is 4790. The Morgan fingerprint density at radius 1 is 0.409 bits per heavy atom. The molecule has 3 heterocycles. The molecule has 9 rings (SSSR count). The Labute approximate surface area is 817 Å². The van der Waals surface area contributed by atoms with E-state index in [0.29, 0.717) is 27.9 Å². The lowest BCUT2D eigenvalue weighted by Crippen LogP contribution is -2.41. The van der Waals surface area contributed by atoms with E-state index >= 15 is 0 Å². The van der Waals surface area contributed by atoms with Crippen molar-refractivity contribution >= 4 is 103 Å². The fraction of sp³-hybridized carbons (Fsp3) is 0.541. The monoisotopic (exact) mass is 1960 g/mol. The third kappa shape index (κ3) is 45.9. The molecule has 6 aromatic carbocycles. The van der Waals surface area contributed by atoms with Gasteiger partial charge in [0.15, 0.2) is 51.8 Å². The average Bonchev–Trinajstić information content (AvgIpc) is 1.67. The number of para-hydroxylation sites is 3. The van der Waals surface area contributed by atoms with Crippen LogP contribution in [-0.2, 0) is 34.1 Å². The van der Waals surface area contributed by atoms with E-state index < -0.39 is 48.9 Å². The summed E-state index contributed by atoms with van der Waals surface area (Å²) in [5.41, 5.74) is 28.4. The molecule has 5 unspecified atom stereocenters. The molecule has 0 saturated carbocycles. The number of nitrogens with two attached hydrogens (primary N) is 4. The minimum atomic E-state index is -2.94. The lowest BCUT2D eigenvalue weighted by atomic mass is 9.71. The SMILES string of the molecule is CC(C)(C)CC(C)(C)CC(C)(C)N.CCCCC(CC)CNCC(CC)CCCC.CCCCCCCCCC[N+](C)(C)CCCCCCCCCC.Cc1nn(-c2ccccc2)c(N)c1N=Nc1ccc([N+](=O)[O-])cc1OS(=O)[O-].Cc1nn(-c2ccccc2)c(N)c1N=Nc1ccc([N+](=O)[O-])cc1OS(=O)[O-].Cc1nn(-c2ccccc2)c(N)c1N=Nc1ccc([N+](=O)[O-])cc1OS(=O)[O-]. The number of hydrogen-bond donors (Lipinski definition) is 5. The van der Waals surface area contributed by atoms with E-state index in [4.69, 9.17) is 22.9 Å². The highest BCUT2D eigenvalue weighted by Gasteiger charge is 2.31. The van der Waals surface area contributed by atoms with Crippen LogP contribution in [0.25, 0.3) is 17.1 Å². The Morgan fingerprint density at radius 2 is 0.679 bits per heavy atom. The second-order valence-corrected chi connectivity index (χ2v) is 39.0. The first-order valence-corrected chi connectivity index (χ1v) is 50.4. The third-order valence-electron chi connectivity index (χ3n) is 22.0. The number of aryl methyl sites for hydroxylation is 3. The van der Waals surface area contributed by atoms with E-state index in [1.807, 2.05) is 91.0 Å². The van der Waals surface area contributed by atoms with Crippen LogP contribution in [0.5, 0.6) is 17.2 Å². The van der Waals surface area contributed by atoms with Crippen LogP contribution in [0, 0.1) is 73.8 Å². The lowest BCUT2D eigenvalue weighted by Gasteiger charge is -2.37. The average molecular weight is 1960 g/mol. The van der Waals surface area contributed by atoms with Crippen molar-refractivity contribution in [2.75, 3.05) is 57.5 Å². The fourth-order valence-electron chi connectivity index (χ4n) is 15.7. The van der Waals surface area contributed by atoms with Gasteiger partial charge in [0, 0.05) is 23.7 Å². The Morgan fingerprint density at radius 3 is 0.920 bits per heavy atom. The molecule has 0 bridgehead atoms. The third-order valence-corrected chi connectivity index (χ3v) is 23.0. The molecular formula is C98H149N21O15S3-2. The van der Waals surface area contributed by atoms with Crippen LogP contribution in [-0.4, -0.2) is 121 Å². The van der Waals surface area contributed by atoms with Crippen LogP contribution in [0.4, 0.5) is 68.6 Å². The Balaban J connectivity index is 0.000000350. The topological polar surface area (TPSA) is 521 Å². The highest BCUT2D eigenvalue weighted by Crippen LogP contribution is 2.42. The van der Waals surface area contributed by atoms with Gasteiger partial charge in [0.2, 0.25) is 0 Å².